The van der Waals surface area contributed by atoms with Crippen molar-refractivity contribution in [2.45, 2.75) is 39.7 Å². The molecule has 2 aromatic rings. The number of amides is 1. The molecule has 136 valence electrons. The lowest BCUT2D eigenvalue weighted by molar-refractivity contribution is -0.112. The quantitative estimate of drug-likeness (QED) is 0.625. The number of nitrogens with zero attached hydrogens (tertiary/aromatic N) is 3. The third-order valence-electron chi connectivity index (χ3n) is 4.61. The van der Waals surface area contributed by atoms with Crippen molar-refractivity contribution in [1.82, 2.24) is 9.55 Å². The Kier molecular flexibility index (Phi) is 5.55. The van der Waals surface area contributed by atoms with Gasteiger partial charge in [-0.3, -0.25) is 10.1 Å². The molecular formula is C19H22N4O2S. The zero-order valence-corrected chi connectivity index (χ0v) is 16.1. The van der Waals surface area contributed by atoms with Crippen molar-refractivity contribution in [3.63, 3.8) is 0 Å². The molecule has 2 aromatic heterocycles. The predicted octanol–water partition coefficient (Wildman–Crippen LogP) is 3.24. The lowest BCUT2D eigenvalue weighted by Crippen LogP contribution is -2.13. The minimum atomic E-state index is -0.415. The smallest absolute Gasteiger partial charge is 0.268 e. The van der Waals surface area contributed by atoms with Crippen molar-refractivity contribution in [3.8, 4) is 6.07 Å². The number of anilines is 1. The minimum Gasteiger partial charge on any atom is -0.383 e. The van der Waals surface area contributed by atoms with Gasteiger partial charge in [0.05, 0.1) is 12.3 Å². The number of fused-ring (bicyclic) bond motifs is 1. The fourth-order valence-corrected chi connectivity index (χ4v) is 4.26. The van der Waals surface area contributed by atoms with E-state index in [0.29, 0.717) is 11.7 Å². The third kappa shape index (κ3) is 3.71. The summed E-state index contributed by atoms with van der Waals surface area (Å²) in [6.45, 7) is 5.33. The highest BCUT2D eigenvalue weighted by molar-refractivity contribution is 7.16. The summed E-state index contributed by atoms with van der Waals surface area (Å²) in [6, 6.07) is 3.99. The third-order valence-corrected chi connectivity index (χ3v) is 5.69. The molecule has 0 spiro atoms. The van der Waals surface area contributed by atoms with Crippen molar-refractivity contribution >= 4 is 28.5 Å². The molecule has 1 amide bonds. The molecule has 0 unspecified atom stereocenters. The summed E-state index contributed by atoms with van der Waals surface area (Å²) in [5.41, 5.74) is 4.10. The number of thiazole rings is 1. The van der Waals surface area contributed by atoms with Crippen LogP contribution in [-0.2, 0) is 28.9 Å². The second kappa shape index (κ2) is 7.85. The van der Waals surface area contributed by atoms with Gasteiger partial charge in [0.25, 0.3) is 5.91 Å². The highest BCUT2D eigenvalue weighted by Crippen LogP contribution is 2.30. The molecule has 7 heteroatoms. The Morgan fingerprint density at radius 3 is 3.00 bits per heavy atom. The second-order valence-corrected chi connectivity index (χ2v) is 7.42. The molecule has 2 heterocycles. The Labute approximate surface area is 157 Å². The van der Waals surface area contributed by atoms with E-state index in [1.807, 2.05) is 26.0 Å². The number of nitriles is 1. The van der Waals surface area contributed by atoms with Gasteiger partial charge in [-0.05, 0) is 50.8 Å². The minimum absolute atomic E-state index is 0.0763. The van der Waals surface area contributed by atoms with E-state index in [9.17, 15) is 10.1 Å². The van der Waals surface area contributed by atoms with Gasteiger partial charge in [0.2, 0.25) is 0 Å². The Balaban J connectivity index is 1.79. The maximum Gasteiger partial charge on any atom is 0.268 e. The number of carbonyl (C=O) groups is 1. The molecule has 1 aliphatic rings. The van der Waals surface area contributed by atoms with E-state index < -0.39 is 5.91 Å². The number of ether oxygens (including phenoxy) is 1. The fourth-order valence-electron chi connectivity index (χ4n) is 3.21. The Bertz CT molecular complexity index is 880. The van der Waals surface area contributed by atoms with Crippen LogP contribution in [0.25, 0.3) is 6.08 Å². The number of carbonyl (C=O) groups excluding carboxylic acids is 1. The van der Waals surface area contributed by atoms with Gasteiger partial charge in [-0.1, -0.05) is 0 Å². The van der Waals surface area contributed by atoms with E-state index in [0.717, 1.165) is 48.5 Å². The first kappa shape index (κ1) is 18.4. The Hall–Kier alpha value is -2.43. The van der Waals surface area contributed by atoms with Crippen molar-refractivity contribution in [3.05, 3.63) is 39.2 Å². The number of hydrogen-bond donors (Lipinski definition) is 1. The zero-order valence-electron chi connectivity index (χ0n) is 15.3. The average Bonchev–Trinajstić information content (AvgIpc) is 3.26. The van der Waals surface area contributed by atoms with Gasteiger partial charge >= 0.3 is 0 Å². The topological polar surface area (TPSA) is 79.9 Å². The highest BCUT2D eigenvalue weighted by Gasteiger charge is 2.19. The van der Waals surface area contributed by atoms with Crippen molar-refractivity contribution in [1.29, 1.82) is 5.26 Å². The average molecular weight is 370 g/mol. The number of rotatable bonds is 6. The van der Waals surface area contributed by atoms with Crippen molar-refractivity contribution in [2.75, 3.05) is 19.0 Å². The molecule has 1 aliphatic carbocycles. The summed E-state index contributed by atoms with van der Waals surface area (Å²) < 4.78 is 7.26. The number of aromatic nitrogens is 2. The fraction of sp³-hybridized carbons (Fsp3) is 0.421. The number of nitrogens with one attached hydrogen (secondary N) is 1. The van der Waals surface area contributed by atoms with Crippen molar-refractivity contribution < 1.29 is 9.53 Å². The molecule has 0 aromatic carbocycles. The van der Waals surface area contributed by atoms with E-state index in [4.69, 9.17) is 4.74 Å². The first-order valence-corrected chi connectivity index (χ1v) is 9.42. The van der Waals surface area contributed by atoms with Gasteiger partial charge in [-0.15, -0.1) is 11.3 Å². The lowest BCUT2D eigenvalue weighted by atomic mass is 10.1. The Morgan fingerprint density at radius 1 is 1.50 bits per heavy atom. The number of aryl methyl sites for hydroxylation is 3. The molecule has 26 heavy (non-hydrogen) atoms. The second-order valence-electron chi connectivity index (χ2n) is 6.34. The Morgan fingerprint density at radius 2 is 2.31 bits per heavy atom. The standard InChI is InChI=1S/C19H22N4O2S/c1-12-9-14(13(2)23(12)7-8-25-3)10-15(11-20)18(24)22-19-21-16-5-4-6-17(16)26-19/h9-10H,4-8H2,1-3H3,(H,21,22,24)/b15-10+. The van der Waals surface area contributed by atoms with E-state index >= 15 is 0 Å². The lowest BCUT2D eigenvalue weighted by Gasteiger charge is -2.08. The van der Waals surface area contributed by atoms with Crippen LogP contribution in [0.4, 0.5) is 5.13 Å². The summed E-state index contributed by atoms with van der Waals surface area (Å²) in [5.74, 6) is -0.415. The normalized spacial score (nSPS) is 13.5. The molecule has 0 fully saturated rings. The zero-order chi connectivity index (χ0) is 18.7. The van der Waals surface area contributed by atoms with Gasteiger partial charge in [0.1, 0.15) is 11.6 Å². The van der Waals surface area contributed by atoms with Gasteiger partial charge in [-0.25, -0.2) is 4.98 Å². The molecule has 6 nitrogen and oxygen atoms in total. The monoisotopic (exact) mass is 370 g/mol. The maximum absolute atomic E-state index is 12.5. The van der Waals surface area contributed by atoms with Crippen LogP contribution in [0.3, 0.4) is 0 Å². The van der Waals surface area contributed by atoms with Crippen molar-refractivity contribution in [2.24, 2.45) is 0 Å². The van der Waals surface area contributed by atoms with Crippen LogP contribution in [0.5, 0.6) is 0 Å². The summed E-state index contributed by atoms with van der Waals surface area (Å²) in [7, 11) is 1.67. The summed E-state index contributed by atoms with van der Waals surface area (Å²) in [5, 5.41) is 12.8. The number of hydrogen-bond acceptors (Lipinski definition) is 5. The van der Waals surface area contributed by atoms with Crippen LogP contribution < -0.4 is 5.32 Å². The summed E-state index contributed by atoms with van der Waals surface area (Å²) in [6.07, 6.45) is 4.76. The van der Waals surface area contributed by atoms with Crippen LogP contribution >= 0.6 is 11.3 Å². The molecule has 0 aliphatic heterocycles. The predicted molar refractivity (Wildman–Crippen MR) is 102 cm³/mol. The molecule has 0 atom stereocenters. The summed E-state index contributed by atoms with van der Waals surface area (Å²) in [4.78, 5) is 18.2. The molecule has 0 saturated heterocycles. The summed E-state index contributed by atoms with van der Waals surface area (Å²) >= 11 is 1.51. The molecule has 0 saturated carbocycles. The molecule has 0 radical (unpaired) electrons. The first-order valence-electron chi connectivity index (χ1n) is 8.61. The molecule has 3 rings (SSSR count). The number of methoxy groups -OCH3 is 1. The van der Waals surface area contributed by atoms with Crippen LogP contribution in [0.15, 0.2) is 11.6 Å². The van der Waals surface area contributed by atoms with Gasteiger partial charge in [0, 0.05) is 29.9 Å². The molecular weight excluding hydrogens is 348 g/mol. The van der Waals surface area contributed by atoms with E-state index in [1.165, 1.54) is 16.2 Å². The van der Waals surface area contributed by atoms with Crippen LogP contribution in [0.1, 0.15) is 33.9 Å². The molecule has 0 bridgehead atoms. The van der Waals surface area contributed by atoms with Crippen LogP contribution in [0.2, 0.25) is 0 Å². The SMILES string of the molecule is COCCn1c(C)cc(/C=C(\C#N)C(=O)Nc2nc3c(s2)CCC3)c1C. The van der Waals surface area contributed by atoms with Gasteiger partial charge in [-0.2, -0.15) is 5.26 Å². The maximum atomic E-state index is 12.5. The first-order chi connectivity index (χ1) is 12.5. The van der Waals surface area contributed by atoms with Gasteiger partial charge in [0.15, 0.2) is 5.13 Å². The highest BCUT2D eigenvalue weighted by atomic mass is 32.1. The van der Waals surface area contributed by atoms with Gasteiger partial charge < -0.3 is 9.30 Å². The van der Waals surface area contributed by atoms with E-state index in [1.54, 1.807) is 13.2 Å². The van der Waals surface area contributed by atoms with E-state index in [-0.39, 0.29) is 5.57 Å². The van der Waals surface area contributed by atoms with Crippen LogP contribution in [0, 0.1) is 25.2 Å². The largest absolute Gasteiger partial charge is 0.383 e. The molecule has 1 N–H and O–H groups in total. The van der Waals surface area contributed by atoms with E-state index in [2.05, 4.69) is 14.9 Å². The van der Waals surface area contributed by atoms with Crippen LogP contribution in [-0.4, -0.2) is 29.2 Å².